The molecule has 2 bridgehead atoms. The third kappa shape index (κ3) is 5.47. The smallest absolute Gasteiger partial charge is 0.245 e. The topological polar surface area (TPSA) is 127 Å². The first-order valence-electron chi connectivity index (χ1n) is 15.5. The van der Waals surface area contributed by atoms with Crippen molar-refractivity contribution in [2.45, 2.75) is 97.7 Å². The van der Waals surface area contributed by atoms with Crippen molar-refractivity contribution in [2.75, 3.05) is 6.54 Å². The van der Waals surface area contributed by atoms with E-state index in [4.69, 9.17) is 5.10 Å². The van der Waals surface area contributed by atoms with Gasteiger partial charge in [0.1, 0.15) is 12.2 Å². The lowest BCUT2D eigenvalue weighted by Gasteiger charge is -2.26. The largest absolute Gasteiger partial charge is 0.355 e. The molecule has 2 aromatic heterocycles. The number of carbonyl (C=O) groups excluding carboxylic acids is 4. The maximum atomic E-state index is 14.1. The Balaban J connectivity index is 1.45. The number of carbonyl (C=O) groups is 4. The Hall–Kier alpha value is -3.95. The molecule has 3 aromatic rings. The van der Waals surface area contributed by atoms with Gasteiger partial charge < -0.3 is 10.2 Å². The van der Waals surface area contributed by atoms with Gasteiger partial charge in [0.2, 0.25) is 11.8 Å². The number of nitrogens with one attached hydrogen (secondary N) is 1. The quantitative estimate of drug-likeness (QED) is 0.455. The van der Waals surface area contributed by atoms with Crippen LogP contribution in [0.2, 0.25) is 0 Å². The van der Waals surface area contributed by atoms with E-state index in [9.17, 15) is 19.2 Å². The minimum Gasteiger partial charge on any atom is -0.355 e. The third-order valence-electron chi connectivity index (χ3n) is 9.61. The van der Waals surface area contributed by atoms with Gasteiger partial charge >= 0.3 is 0 Å². The first-order chi connectivity index (χ1) is 20.6. The van der Waals surface area contributed by atoms with E-state index in [1.165, 1.54) is 6.92 Å². The molecule has 10 nitrogen and oxygen atoms in total. The molecule has 10 heteroatoms. The molecule has 1 aliphatic carbocycles. The highest BCUT2D eigenvalue weighted by Crippen LogP contribution is 2.59. The second-order valence-corrected chi connectivity index (χ2v) is 12.9. The van der Waals surface area contributed by atoms with Gasteiger partial charge in [0, 0.05) is 54.9 Å². The molecule has 3 aliphatic rings. The zero-order valence-corrected chi connectivity index (χ0v) is 25.5. The minimum absolute atomic E-state index is 0.0329. The molecular weight excluding hydrogens is 544 g/mol. The molecule has 1 saturated heterocycles. The van der Waals surface area contributed by atoms with Crippen molar-refractivity contribution in [3.8, 4) is 11.3 Å². The number of hydrogen-bond acceptors (Lipinski definition) is 7. The Morgan fingerprint density at radius 3 is 2.65 bits per heavy atom. The van der Waals surface area contributed by atoms with Crippen LogP contribution in [-0.2, 0) is 27.3 Å². The van der Waals surface area contributed by atoms with Gasteiger partial charge in [-0.05, 0) is 56.2 Å². The van der Waals surface area contributed by atoms with E-state index in [0.29, 0.717) is 49.0 Å². The van der Waals surface area contributed by atoms with Gasteiger partial charge in [0.15, 0.2) is 11.6 Å². The van der Waals surface area contributed by atoms with E-state index < -0.39 is 6.04 Å². The van der Waals surface area contributed by atoms with Crippen LogP contribution in [0, 0.1) is 18.3 Å². The van der Waals surface area contributed by atoms with E-state index in [2.05, 4.69) is 28.3 Å². The van der Waals surface area contributed by atoms with Gasteiger partial charge in [-0.2, -0.15) is 5.10 Å². The molecule has 4 atom stereocenters. The molecular formula is C33H40N6O4. The molecule has 226 valence electrons. The molecule has 0 spiro atoms. The number of benzene rings is 1. The Kier molecular flexibility index (Phi) is 7.64. The fourth-order valence-electron chi connectivity index (χ4n) is 7.20. The molecule has 6 rings (SSSR count). The summed E-state index contributed by atoms with van der Waals surface area (Å²) in [7, 11) is 0. The molecule has 1 saturated carbocycles. The number of ketones is 2. The number of piperidine rings is 1. The summed E-state index contributed by atoms with van der Waals surface area (Å²) in [6.45, 7) is 7.73. The van der Waals surface area contributed by atoms with Crippen molar-refractivity contribution in [3.63, 3.8) is 0 Å². The second kappa shape index (κ2) is 11.3. The maximum absolute atomic E-state index is 14.1. The van der Waals surface area contributed by atoms with Crippen LogP contribution in [0.15, 0.2) is 24.5 Å². The SMILES string of the molecule is CCC(=O)[C@@H]1C[C@]23CNC(=O)C[C@@H](C)CCCCc4cc(-c5cnc(C)cn5)cc5c(C(C)=O)nn(c45)CC(=O)N1[C@@H]2C3. The Morgan fingerprint density at radius 2 is 1.93 bits per heavy atom. The Labute approximate surface area is 251 Å². The van der Waals surface area contributed by atoms with E-state index in [1.807, 2.05) is 19.9 Å². The summed E-state index contributed by atoms with van der Waals surface area (Å²) in [6.07, 6.45) is 9.05. The summed E-state index contributed by atoms with van der Waals surface area (Å²) in [5.41, 5.74) is 4.18. The monoisotopic (exact) mass is 584 g/mol. The highest BCUT2D eigenvalue weighted by molar-refractivity contribution is 6.07. The van der Waals surface area contributed by atoms with Gasteiger partial charge in [-0.15, -0.1) is 0 Å². The first-order valence-corrected chi connectivity index (χ1v) is 15.5. The van der Waals surface area contributed by atoms with Crippen LogP contribution >= 0.6 is 0 Å². The number of hydrogen-bond donors (Lipinski definition) is 1. The summed E-state index contributed by atoms with van der Waals surface area (Å²) in [5, 5.41) is 8.53. The lowest BCUT2D eigenvalue weighted by atomic mass is 9.94. The molecule has 2 amide bonds. The van der Waals surface area contributed by atoms with Crippen molar-refractivity contribution >= 4 is 34.3 Å². The summed E-state index contributed by atoms with van der Waals surface area (Å²) in [6, 6.07) is 3.40. The number of aromatic nitrogens is 4. The maximum Gasteiger partial charge on any atom is 0.245 e. The molecule has 2 fully saturated rings. The normalized spacial score (nSPS) is 26.1. The molecule has 43 heavy (non-hydrogen) atoms. The number of aryl methyl sites for hydroxylation is 2. The van der Waals surface area contributed by atoms with Gasteiger partial charge in [-0.3, -0.25) is 33.8 Å². The van der Waals surface area contributed by atoms with Crippen molar-refractivity contribution in [3.05, 3.63) is 41.5 Å². The highest BCUT2D eigenvalue weighted by atomic mass is 16.2. The van der Waals surface area contributed by atoms with Crippen molar-refractivity contribution in [1.82, 2.24) is 30.0 Å². The summed E-state index contributed by atoms with van der Waals surface area (Å²) < 4.78 is 1.67. The summed E-state index contributed by atoms with van der Waals surface area (Å²) in [5.74, 6) is -0.0517. The number of Topliss-reactive ketones (excluding diaryl/α,β-unsaturated/α-hetero) is 2. The van der Waals surface area contributed by atoms with Gasteiger partial charge in [0.25, 0.3) is 0 Å². The van der Waals surface area contributed by atoms with Gasteiger partial charge in [-0.1, -0.05) is 26.7 Å². The van der Waals surface area contributed by atoms with E-state index in [0.717, 1.165) is 48.0 Å². The zero-order chi connectivity index (χ0) is 30.5. The molecule has 1 N–H and O–H groups in total. The average molecular weight is 585 g/mol. The Morgan fingerprint density at radius 1 is 1.12 bits per heavy atom. The molecule has 2 aliphatic heterocycles. The Bertz CT molecular complexity index is 1610. The fourth-order valence-corrected chi connectivity index (χ4v) is 7.20. The molecule has 0 radical (unpaired) electrons. The zero-order valence-electron chi connectivity index (χ0n) is 25.5. The van der Waals surface area contributed by atoms with E-state index in [-0.39, 0.29) is 47.3 Å². The average Bonchev–Trinajstić information content (AvgIpc) is 3.39. The van der Waals surface area contributed by atoms with Crippen molar-refractivity contribution < 1.29 is 19.2 Å². The van der Waals surface area contributed by atoms with Crippen LogP contribution in [0.1, 0.15) is 87.5 Å². The van der Waals surface area contributed by atoms with E-state index >= 15 is 0 Å². The van der Waals surface area contributed by atoms with Crippen LogP contribution in [-0.4, -0.2) is 66.7 Å². The molecule has 1 aromatic carbocycles. The highest BCUT2D eigenvalue weighted by Gasteiger charge is 2.66. The van der Waals surface area contributed by atoms with Crippen LogP contribution in [0.3, 0.4) is 0 Å². The van der Waals surface area contributed by atoms with Crippen molar-refractivity contribution in [1.29, 1.82) is 0 Å². The van der Waals surface area contributed by atoms with Crippen LogP contribution < -0.4 is 5.32 Å². The van der Waals surface area contributed by atoms with Crippen LogP contribution in [0.25, 0.3) is 22.2 Å². The number of nitrogens with zero attached hydrogens (tertiary/aromatic N) is 5. The molecule has 0 unspecified atom stereocenters. The lowest BCUT2D eigenvalue weighted by molar-refractivity contribution is -0.139. The number of amides is 2. The van der Waals surface area contributed by atoms with Gasteiger partial charge in [0.05, 0.1) is 29.1 Å². The lowest BCUT2D eigenvalue weighted by Crippen LogP contribution is -2.44. The molecule has 4 heterocycles. The van der Waals surface area contributed by atoms with E-state index in [1.54, 1.807) is 22.0 Å². The third-order valence-corrected chi connectivity index (χ3v) is 9.61. The van der Waals surface area contributed by atoms with Crippen LogP contribution in [0.4, 0.5) is 0 Å². The predicted octanol–water partition coefficient (Wildman–Crippen LogP) is 4.21. The summed E-state index contributed by atoms with van der Waals surface area (Å²) >= 11 is 0. The first kappa shape index (κ1) is 29.1. The minimum atomic E-state index is -0.508. The predicted molar refractivity (Wildman–Crippen MR) is 161 cm³/mol. The van der Waals surface area contributed by atoms with Crippen LogP contribution in [0.5, 0.6) is 0 Å². The number of rotatable bonds is 4. The second-order valence-electron chi connectivity index (χ2n) is 12.9. The standard InChI is InChI=1S/C33H40N6O4/c1-5-27(41)26-13-33-14-28(33)39(26)30(43)17-38-32-22(9-7-6-8-19(2)10-29(42)36-18-33)11-23(25-16-34-20(3)15-35-25)12-24(32)31(37-38)21(4)40/h11-12,15-16,19,26,28H,5-10,13-14,17-18H2,1-4H3,(H,36,42)/t19-,26-,28+,33-/m0/s1. The fraction of sp³-hybridized carbons (Fsp3) is 0.545. The van der Waals surface area contributed by atoms with Gasteiger partial charge in [-0.25, -0.2) is 0 Å². The summed E-state index contributed by atoms with van der Waals surface area (Å²) in [4.78, 5) is 63.6. The van der Waals surface area contributed by atoms with Crippen molar-refractivity contribution in [2.24, 2.45) is 11.3 Å².